The van der Waals surface area contributed by atoms with E-state index < -0.39 is 16.7 Å². The van der Waals surface area contributed by atoms with Gasteiger partial charge in [0.1, 0.15) is 5.75 Å². The van der Waals surface area contributed by atoms with Crippen molar-refractivity contribution < 1.29 is 19.2 Å². The molecule has 0 aliphatic rings. The molecule has 0 saturated carbocycles. The Morgan fingerprint density at radius 1 is 1.15 bits per heavy atom. The lowest BCUT2D eigenvalue weighted by Gasteiger charge is -2.12. The fraction of sp³-hybridized carbons (Fsp3) is 0.263. The van der Waals surface area contributed by atoms with Crippen LogP contribution >= 0.6 is 0 Å². The first-order chi connectivity index (χ1) is 12.8. The van der Waals surface area contributed by atoms with Crippen LogP contribution in [0, 0.1) is 17.0 Å². The number of nitro benzene ring substituents is 1. The van der Waals surface area contributed by atoms with Gasteiger partial charge in [-0.1, -0.05) is 26.0 Å². The van der Waals surface area contributed by atoms with Crippen LogP contribution < -0.4 is 15.6 Å². The van der Waals surface area contributed by atoms with Crippen LogP contribution in [0.1, 0.15) is 41.3 Å². The largest absolute Gasteiger partial charge is 0.484 e. The van der Waals surface area contributed by atoms with Gasteiger partial charge in [0, 0.05) is 17.7 Å². The van der Waals surface area contributed by atoms with Gasteiger partial charge in [-0.2, -0.15) is 0 Å². The number of non-ortho nitro benzene ring substituents is 1. The third kappa shape index (κ3) is 5.53. The van der Waals surface area contributed by atoms with Crippen LogP contribution in [0.2, 0.25) is 0 Å². The number of carbonyl (C=O) groups is 2. The average molecular weight is 371 g/mol. The number of carbonyl (C=O) groups excluding carboxylic acids is 2. The Hall–Kier alpha value is -3.42. The number of benzene rings is 2. The van der Waals surface area contributed by atoms with Gasteiger partial charge in [0.15, 0.2) is 6.61 Å². The molecule has 0 heterocycles. The molecule has 0 saturated heterocycles. The lowest BCUT2D eigenvalue weighted by molar-refractivity contribution is -0.384. The molecular formula is C19H21N3O5. The second-order valence-corrected chi connectivity index (χ2v) is 6.27. The minimum Gasteiger partial charge on any atom is -0.484 e. The summed E-state index contributed by atoms with van der Waals surface area (Å²) in [6, 6.07) is 10.8. The number of rotatable bonds is 6. The summed E-state index contributed by atoms with van der Waals surface area (Å²) in [7, 11) is 0. The van der Waals surface area contributed by atoms with Crippen LogP contribution in [0.3, 0.4) is 0 Å². The molecule has 0 spiro atoms. The van der Waals surface area contributed by atoms with Gasteiger partial charge in [-0.15, -0.1) is 0 Å². The first-order valence-corrected chi connectivity index (χ1v) is 8.35. The molecule has 2 aromatic rings. The maximum absolute atomic E-state index is 12.0. The second-order valence-electron chi connectivity index (χ2n) is 6.27. The molecule has 0 radical (unpaired) electrons. The molecule has 8 nitrogen and oxygen atoms in total. The molecule has 2 rings (SSSR count). The normalized spacial score (nSPS) is 10.4. The molecule has 2 N–H and O–H groups in total. The van der Waals surface area contributed by atoms with Crippen molar-refractivity contribution in [2.45, 2.75) is 26.7 Å². The first-order valence-electron chi connectivity index (χ1n) is 8.35. The van der Waals surface area contributed by atoms with Crippen molar-refractivity contribution in [3.63, 3.8) is 0 Å². The average Bonchev–Trinajstić information content (AvgIpc) is 2.64. The highest BCUT2D eigenvalue weighted by atomic mass is 16.6. The summed E-state index contributed by atoms with van der Waals surface area (Å²) in [6.07, 6.45) is 0. The van der Waals surface area contributed by atoms with E-state index >= 15 is 0 Å². The fourth-order valence-electron chi connectivity index (χ4n) is 2.53. The van der Waals surface area contributed by atoms with Gasteiger partial charge >= 0.3 is 0 Å². The summed E-state index contributed by atoms with van der Waals surface area (Å²) in [5, 5.41) is 10.7. The second kappa shape index (κ2) is 8.79. The molecule has 2 aromatic carbocycles. The summed E-state index contributed by atoms with van der Waals surface area (Å²) in [5.74, 6) is -0.271. The van der Waals surface area contributed by atoms with Gasteiger partial charge in [-0.3, -0.25) is 30.6 Å². The van der Waals surface area contributed by atoms with Crippen molar-refractivity contribution in [1.82, 2.24) is 10.9 Å². The number of ether oxygens (including phenoxy) is 1. The number of nitrogens with one attached hydrogen (secondary N) is 2. The van der Waals surface area contributed by atoms with E-state index in [1.54, 1.807) is 6.07 Å². The van der Waals surface area contributed by atoms with Crippen molar-refractivity contribution in [2.75, 3.05) is 6.61 Å². The molecule has 0 atom stereocenters. The topological polar surface area (TPSA) is 111 Å². The lowest BCUT2D eigenvalue weighted by atomic mass is 9.98. The Balaban J connectivity index is 1.86. The monoisotopic (exact) mass is 371 g/mol. The highest BCUT2D eigenvalue weighted by Crippen LogP contribution is 2.23. The fourth-order valence-corrected chi connectivity index (χ4v) is 2.53. The van der Waals surface area contributed by atoms with Crippen molar-refractivity contribution in [2.24, 2.45) is 0 Å². The highest BCUT2D eigenvalue weighted by molar-refractivity contribution is 5.96. The number of hydrazine groups is 1. The van der Waals surface area contributed by atoms with E-state index in [9.17, 15) is 19.7 Å². The van der Waals surface area contributed by atoms with E-state index in [-0.39, 0.29) is 17.9 Å². The number of nitrogens with zero attached hydrogens (tertiary/aromatic N) is 1. The van der Waals surface area contributed by atoms with E-state index in [0.717, 1.165) is 11.6 Å². The van der Waals surface area contributed by atoms with Crippen LogP contribution in [0.4, 0.5) is 5.69 Å². The van der Waals surface area contributed by atoms with Gasteiger partial charge in [0.05, 0.1) is 4.92 Å². The summed E-state index contributed by atoms with van der Waals surface area (Å²) >= 11 is 0. The molecule has 2 amide bonds. The van der Waals surface area contributed by atoms with Gasteiger partial charge in [-0.05, 0) is 42.2 Å². The molecule has 0 fully saturated rings. The first kappa shape index (κ1) is 19.9. The number of nitro groups is 1. The minimum absolute atomic E-state index is 0.0605. The van der Waals surface area contributed by atoms with Crippen LogP contribution in [0.25, 0.3) is 0 Å². The molecular weight excluding hydrogens is 350 g/mol. The van der Waals surface area contributed by atoms with Gasteiger partial charge in [-0.25, -0.2) is 0 Å². The van der Waals surface area contributed by atoms with E-state index in [2.05, 4.69) is 24.7 Å². The Bertz CT molecular complexity index is 864. The minimum atomic E-state index is -0.663. The number of hydrogen-bond acceptors (Lipinski definition) is 5. The van der Waals surface area contributed by atoms with Crippen molar-refractivity contribution in [1.29, 1.82) is 0 Å². The van der Waals surface area contributed by atoms with E-state index in [1.165, 1.54) is 23.8 Å². The predicted molar refractivity (Wildman–Crippen MR) is 99.5 cm³/mol. The zero-order valence-electron chi connectivity index (χ0n) is 15.3. The zero-order valence-corrected chi connectivity index (χ0v) is 15.3. The summed E-state index contributed by atoms with van der Waals surface area (Å²) in [5.41, 5.74) is 6.53. The molecule has 142 valence electrons. The standard InChI is InChI=1S/C19H21N3O5/c1-12(2)17-8-7-16(9-13(17)3)27-11-18(23)20-21-19(24)14-5-4-6-15(10-14)22(25)26/h4-10,12H,11H2,1-3H3,(H,20,23)(H,21,24). The molecule has 8 heteroatoms. The van der Waals surface area contributed by atoms with E-state index in [4.69, 9.17) is 4.74 Å². The molecule has 0 unspecified atom stereocenters. The molecule has 0 aliphatic heterocycles. The maximum atomic E-state index is 12.0. The van der Waals surface area contributed by atoms with Gasteiger partial charge < -0.3 is 4.74 Å². The van der Waals surface area contributed by atoms with Crippen molar-refractivity contribution in [3.8, 4) is 5.75 Å². The summed E-state index contributed by atoms with van der Waals surface area (Å²) in [4.78, 5) is 33.9. The summed E-state index contributed by atoms with van der Waals surface area (Å²) < 4.78 is 5.42. The van der Waals surface area contributed by atoms with Crippen LogP contribution in [0.15, 0.2) is 42.5 Å². The lowest BCUT2D eigenvalue weighted by Crippen LogP contribution is -2.43. The Kier molecular flexibility index (Phi) is 6.48. The molecule has 0 bridgehead atoms. The van der Waals surface area contributed by atoms with E-state index in [1.807, 2.05) is 19.1 Å². The van der Waals surface area contributed by atoms with Crippen LogP contribution in [-0.2, 0) is 4.79 Å². The van der Waals surface area contributed by atoms with Gasteiger partial charge in [0.2, 0.25) is 0 Å². The smallest absolute Gasteiger partial charge is 0.276 e. The molecule has 0 aromatic heterocycles. The molecule has 27 heavy (non-hydrogen) atoms. The van der Waals surface area contributed by atoms with Crippen molar-refractivity contribution in [3.05, 3.63) is 69.3 Å². The third-order valence-electron chi connectivity index (χ3n) is 3.87. The highest BCUT2D eigenvalue weighted by Gasteiger charge is 2.12. The van der Waals surface area contributed by atoms with Gasteiger partial charge in [0.25, 0.3) is 17.5 Å². The Morgan fingerprint density at radius 3 is 2.52 bits per heavy atom. The van der Waals surface area contributed by atoms with Crippen LogP contribution in [0.5, 0.6) is 5.75 Å². The maximum Gasteiger partial charge on any atom is 0.276 e. The Morgan fingerprint density at radius 2 is 1.89 bits per heavy atom. The number of amides is 2. The molecule has 0 aliphatic carbocycles. The quantitative estimate of drug-likeness (QED) is 0.599. The van der Waals surface area contributed by atoms with Crippen molar-refractivity contribution >= 4 is 17.5 Å². The zero-order chi connectivity index (χ0) is 20.0. The van der Waals surface area contributed by atoms with E-state index in [0.29, 0.717) is 11.7 Å². The third-order valence-corrected chi connectivity index (χ3v) is 3.87. The number of hydrogen-bond donors (Lipinski definition) is 2. The SMILES string of the molecule is Cc1cc(OCC(=O)NNC(=O)c2cccc([N+](=O)[O-])c2)ccc1C(C)C. The Labute approximate surface area is 156 Å². The summed E-state index contributed by atoms with van der Waals surface area (Å²) in [6.45, 7) is 5.89. The number of aryl methyl sites for hydroxylation is 1. The van der Waals surface area contributed by atoms with Crippen LogP contribution in [-0.4, -0.2) is 23.3 Å². The predicted octanol–water partition coefficient (Wildman–Crippen LogP) is 2.87.